The summed E-state index contributed by atoms with van der Waals surface area (Å²) in [6.07, 6.45) is 1.74. The number of benzene rings is 2. The van der Waals surface area contributed by atoms with Crippen LogP contribution < -0.4 is 15.0 Å². The third-order valence-corrected chi connectivity index (χ3v) is 6.27. The highest BCUT2D eigenvalue weighted by Crippen LogP contribution is 2.41. The number of halogens is 1. The number of amides is 1. The van der Waals surface area contributed by atoms with Gasteiger partial charge in [-0.2, -0.15) is 0 Å². The van der Waals surface area contributed by atoms with Gasteiger partial charge in [-0.05, 0) is 30.3 Å². The molecule has 0 bridgehead atoms. The molecule has 4 aromatic rings. The normalized spacial score (nSPS) is 13.9. The molecule has 0 aliphatic carbocycles. The minimum absolute atomic E-state index is 0.293. The molecular formula is C24H22FN3O4S. The van der Waals surface area contributed by atoms with E-state index in [1.54, 1.807) is 25.4 Å². The molecular weight excluding hydrogens is 445 g/mol. The van der Waals surface area contributed by atoms with Crippen molar-refractivity contribution in [2.75, 3.05) is 38.3 Å². The number of anilines is 1. The fraction of sp³-hybridized carbons (Fsp3) is 0.250. The van der Waals surface area contributed by atoms with Crippen molar-refractivity contribution >= 4 is 33.9 Å². The highest BCUT2D eigenvalue weighted by Gasteiger charge is 2.25. The van der Waals surface area contributed by atoms with Gasteiger partial charge >= 0.3 is 0 Å². The molecule has 9 heteroatoms. The molecule has 0 saturated carbocycles. The van der Waals surface area contributed by atoms with Crippen molar-refractivity contribution < 1.29 is 23.1 Å². The molecule has 0 radical (unpaired) electrons. The van der Waals surface area contributed by atoms with Gasteiger partial charge < -0.3 is 24.1 Å². The van der Waals surface area contributed by atoms with Gasteiger partial charge in [0.1, 0.15) is 34.5 Å². The number of nitrogens with zero attached hydrogens (tertiary/aromatic N) is 2. The van der Waals surface area contributed by atoms with Crippen molar-refractivity contribution in [1.29, 1.82) is 0 Å². The van der Waals surface area contributed by atoms with Gasteiger partial charge in [-0.15, -0.1) is 11.3 Å². The Hall–Kier alpha value is -3.43. The summed E-state index contributed by atoms with van der Waals surface area (Å²) >= 11 is 1.52. The quantitative estimate of drug-likeness (QED) is 0.451. The molecule has 0 atom stereocenters. The van der Waals surface area contributed by atoms with E-state index in [0.29, 0.717) is 66.5 Å². The number of morpholine rings is 1. The largest absolute Gasteiger partial charge is 0.484 e. The van der Waals surface area contributed by atoms with Crippen molar-refractivity contribution in [3.05, 3.63) is 64.4 Å². The lowest BCUT2D eigenvalue weighted by atomic mass is 10.0. The van der Waals surface area contributed by atoms with Crippen molar-refractivity contribution in [2.24, 2.45) is 0 Å². The topological polar surface area (TPSA) is 76.8 Å². The molecule has 1 amide bonds. The maximum Gasteiger partial charge on any atom is 0.255 e. The number of carbonyl (C=O) groups is 1. The van der Waals surface area contributed by atoms with E-state index in [9.17, 15) is 9.18 Å². The zero-order valence-electron chi connectivity index (χ0n) is 18.0. The van der Waals surface area contributed by atoms with Crippen molar-refractivity contribution in [1.82, 2.24) is 10.3 Å². The van der Waals surface area contributed by atoms with E-state index in [1.165, 1.54) is 23.5 Å². The van der Waals surface area contributed by atoms with E-state index >= 15 is 0 Å². The van der Waals surface area contributed by atoms with Crippen LogP contribution in [0, 0.1) is 5.82 Å². The van der Waals surface area contributed by atoms with E-state index in [0.717, 1.165) is 10.7 Å². The maximum atomic E-state index is 13.5. The van der Waals surface area contributed by atoms with Gasteiger partial charge in [-0.25, -0.2) is 9.37 Å². The fourth-order valence-electron chi connectivity index (χ4n) is 3.90. The highest BCUT2D eigenvalue weighted by molar-refractivity contribution is 7.09. The molecule has 1 fully saturated rings. The molecule has 2 aromatic heterocycles. The minimum atomic E-state index is -0.358. The summed E-state index contributed by atoms with van der Waals surface area (Å²) in [5.41, 5.74) is 2.41. The Morgan fingerprint density at radius 3 is 2.73 bits per heavy atom. The smallest absolute Gasteiger partial charge is 0.255 e. The summed E-state index contributed by atoms with van der Waals surface area (Å²) in [7, 11) is 1.57. The third kappa shape index (κ3) is 4.29. The Morgan fingerprint density at radius 2 is 2.03 bits per heavy atom. The van der Waals surface area contributed by atoms with Crippen molar-refractivity contribution in [3.63, 3.8) is 0 Å². The molecule has 170 valence electrons. The average Bonchev–Trinajstić information content (AvgIpc) is 3.50. The molecule has 5 rings (SSSR count). The van der Waals surface area contributed by atoms with Gasteiger partial charge in [0, 0.05) is 48.7 Å². The Labute approximate surface area is 193 Å². The second kappa shape index (κ2) is 9.21. The molecule has 2 aromatic carbocycles. The predicted molar refractivity (Wildman–Crippen MR) is 124 cm³/mol. The molecule has 1 aliphatic heterocycles. The Bertz CT molecular complexity index is 1270. The molecule has 7 nitrogen and oxygen atoms in total. The van der Waals surface area contributed by atoms with Crippen LogP contribution >= 0.6 is 11.3 Å². The van der Waals surface area contributed by atoms with Crippen LogP contribution in [0.15, 0.2) is 52.4 Å². The maximum absolute atomic E-state index is 13.5. The van der Waals surface area contributed by atoms with E-state index in [4.69, 9.17) is 13.9 Å². The molecule has 33 heavy (non-hydrogen) atoms. The predicted octanol–water partition coefficient (Wildman–Crippen LogP) is 4.47. The molecule has 1 saturated heterocycles. The third-order valence-electron chi connectivity index (χ3n) is 5.52. The molecule has 1 N–H and O–H groups in total. The zero-order valence-corrected chi connectivity index (χ0v) is 18.8. The van der Waals surface area contributed by atoms with Crippen LogP contribution in [-0.4, -0.2) is 44.2 Å². The fourth-order valence-corrected chi connectivity index (χ4v) is 4.43. The number of furan rings is 1. The number of ether oxygens (including phenoxy) is 2. The number of aromatic nitrogens is 1. The van der Waals surface area contributed by atoms with Gasteiger partial charge in [-0.3, -0.25) is 4.79 Å². The van der Waals surface area contributed by atoms with E-state index in [-0.39, 0.29) is 11.7 Å². The summed E-state index contributed by atoms with van der Waals surface area (Å²) < 4.78 is 31.4. The van der Waals surface area contributed by atoms with Crippen molar-refractivity contribution in [3.8, 4) is 17.1 Å². The van der Waals surface area contributed by atoms with Crippen LogP contribution in [0.5, 0.6) is 5.75 Å². The van der Waals surface area contributed by atoms with Crippen LogP contribution in [0.25, 0.3) is 22.3 Å². The Kier molecular flexibility index (Phi) is 5.97. The molecule has 0 spiro atoms. The summed E-state index contributed by atoms with van der Waals surface area (Å²) in [5.74, 6) is 0.368. The lowest BCUT2D eigenvalue weighted by Crippen LogP contribution is -2.36. The molecule has 1 aliphatic rings. The first-order valence-electron chi connectivity index (χ1n) is 10.6. The molecule has 3 heterocycles. The monoisotopic (exact) mass is 467 g/mol. The minimum Gasteiger partial charge on any atom is -0.484 e. The van der Waals surface area contributed by atoms with Crippen LogP contribution in [0.1, 0.15) is 15.4 Å². The van der Waals surface area contributed by atoms with Crippen LogP contribution in [-0.2, 0) is 11.3 Å². The van der Waals surface area contributed by atoms with E-state index in [1.807, 2.05) is 17.5 Å². The second-order valence-corrected chi connectivity index (χ2v) is 8.50. The van der Waals surface area contributed by atoms with Crippen LogP contribution in [0.2, 0.25) is 0 Å². The Morgan fingerprint density at radius 1 is 1.24 bits per heavy atom. The first-order valence-corrected chi connectivity index (χ1v) is 11.4. The van der Waals surface area contributed by atoms with Gasteiger partial charge in [0.05, 0.1) is 24.5 Å². The van der Waals surface area contributed by atoms with E-state index < -0.39 is 0 Å². The first kappa shape index (κ1) is 21.4. The van der Waals surface area contributed by atoms with Crippen molar-refractivity contribution in [2.45, 2.75) is 6.61 Å². The number of hydrogen-bond donors (Lipinski definition) is 1. The SMILES string of the molecule is CNC(=O)c1c(-c2ccc(F)cc2)oc2cc(N3CCOCC3)c(OCc3nccs3)cc12. The number of nitrogens with one attached hydrogen (secondary N) is 1. The van der Waals surface area contributed by atoms with Crippen LogP contribution in [0.3, 0.4) is 0 Å². The number of hydrogen-bond acceptors (Lipinski definition) is 7. The second-order valence-electron chi connectivity index (χ2n) is 7.52. The Balaban J connectivity index is 1.65. The number of rotatable bonds is 6. The van der Waals surface area contributed by atoms with Gasteiger partial charge in [-0.1, -0.05) is 0 Å². The zero-order chi connectivity index (χ0) is 22.8. The van der Waals surface area contributed by atoms with E-state index in [2.05, 4.69) is 15.2 Å². The summed E-state index contributed by atoms with van der Waals surface area (Å²) in [6.45, 7) is 2.98. The number of fused-ring (bicyclic) bond motifs is 1. The summed E-state index contributed by atoms with van der Waals surface area (Å²) in [6, 6.07) is 9.63. The highest BCUT2D eigenvalue weighted by atomic mass is 32.1. The standard InChI is InChI=1S/C24H22FN3O4S/c1-26-24(29)22-17-12-20(31-14-21-27-6-11-33-21)18(28-7-9-30-10-8-28)13-19(17)32-23(22)15-2-4-16(25)5-3-15/h2-6,11-13H,7-10,14H2,1H3,(H,26,29). The average molecular weight is 468 g/mol. The first-order chi connectivity index (χ1) is 16.1. The van der Waals surface area contributed by atoms with Gasteiger partial charge in [0.2, 0.25) is 0 Å². The lowest BCUT2D eigenvalue weighted by Gasteiger charge is -2.30. The summed E-state index contributed by atoms with van der Waals surface area (Å²) in [5, 5.41) is 6.07. The van der Waals surface area contributed by atoms with Crippen LogP contribution in [0.4, 0.5) is 10.1 Å². The number of thiazole rings is 1. The molecule has 0 unspecified atom stereocenters. The number of carbonyl (C=O) groups excluding carboxylic acids is 1. The van der Waals surface area contributed by atoms with Gasteiger partial charge in [0.25, 0.3) is 5.91 Å². The summed E-state index contributed by atoms with van der Waals surface area (Å²) in [4.78, 5) is 19.3. The van der Waals surface area contributed by atoms with Gasteiger partial charge in [0.15, 0.2) is 0 Å². The lowest BCUT2D eigenvalue weighted by molar-refractivity contribution is 0.0964.